The van der Waals surface area contributed by atoms with Gasteiger partial charge in [0.2, 0.25) is 0 Å². The van der Waals surface area contributed by atoms with E-state index in [4.69, 9.17) is 11.6 Å². The summed E-state index contributed by atoms with van der Waals surface area (Å²) in [5, 5.41) is -0.561. The molecule has 2 rings (SSSR count). The van der Waals surface area contributed by atoms with Crippen molar-refractivity contribution in [2.45, 2.75) is 12.6 Å². The standard InChI is InChI=1S/C11H9ClF3NO3S/c12-10-7(1-2-8(16-10)11(13,14)15)9(17)6-3-4-20(18,19)5-6/h1-2,6H,3-5H2. The van der Waals surface area contributed by atoms with Gasteiger partial charge in [0.05, 0.1) is 17.1 Å². The van der Waals surface area contributed by atoms with Gasteiger partial charge in [-0.2, -0.15) is 13.2 Å². The zero-order valence-corrected chi connectivity index (χ0v) is 11.5. The highest BCUT2D eigenvalue weighted by Gasteiger charge is 2.36. The van der Waals surface area contributed by atoms with Crippen LogP contribution in [-0.4, -0.2) is 30.7 Å². The summed E-state index contributed by atoms with van der Waals surface area (Å²) in [7, 11) is -3.26. The fourth-order valence-electron chi connectivity index (χ4n) is 2.00. The highest BCUT2D eigenvalue weighted by molar-refractivity contribution is 7.91. The van der Waals surface area contributed by atoms with Gasteiger partial charge in [0, 0.05) is 5.92 Å². The Labute approximate surface area is 117 Å². The lowest BCUT2D eigenvalue weighted by Gasteiger charge is -2.10. The molecule has 1 aliphatic heterocycles. The SMILES string of the molecule is O=C(c1ccc(C(F)(F)F)nc1Cl)C1CCS(=O)(=O)C1. The second-order valence-electron chi connectivity index (χ2n) is 4.50. The lowest BCUT2D eigenvalue weighted by atomic mass is 9.98. The van der Waals surface area contributed by atoms with E-state index in [0.717, 1.165) is 6.07 Å². The fourth-order valence-corrected chi connectivity index (χ4v) is 3.99. The Balaban J connectivity index is 2.28. The van der Waals surface area contributed by atoms with Gasteiger partial charge in [0.15, 0.2) is 15.6 Å². The number of carbonyl (C=O) groups is 1. The average molecular weight is 328 g/mol. The second kappa shape index (κ2) is 5.00. The number of carbonyl (C=O) groups excluding carboxylic acids is 1. The van der Waals surface area contributed by atoms with E-state index in [0.29, 0.717) is 6.07 Å². The van der Waals surface area contributed by atoms with Crippen LogP contribution in [0, 0.1) is 5.92 Å². The first-order chi connectivity index (χ1) is 9.10. The molecule has 0 radical (unpaired) electrons. The minimum absolute atomic E-state index is 0.102. The van der Waals surface area contributed by atoms with Crippen molar-refractivity contribution in [3.63, 3.8) is 0 Å². The Morgan fingerprint density at radius 3 is 2.45 bits per heavy atom. The van der Waals surface area contributed by atoms with E-state index >= 15 is 0 Å². The van der Waals surface area contributed by atoms with Crippen molar-refractivity contribution in [2.75, 3.05) is 11.5 Å². The summed E-state index contributed by atoms with van der Waals surface area (Å²) >= 11 is 5.60. The van der Waals surface area contributed by atoms with E-state index < -0.39 is 38.6 Å². The van der Waals surface area contributed by atoms with Gasteiger partial charge in [0.1, 0.15) is 10.8 Å². The van der Waals surface area contributed by atoms with Crippen molar-refractivity contribution < 1.29 is 26.4 Å². The molecule has 1 aromatic rings. The molecule has 0 bridgehead atoms. The molecule has 0 spiro atoms. The van der Waals surface area contributed by atoms with E-state index in [2.05, 4.69) is 4.98 Å². The molecule has 20 heavy (non-hydrogen) atoms. The van der Waals surface area contributed by atoms with Gasteiger partial charge in [-0.1, -0.05) is 11.6 Å². The van der Waals surface area contributed by atoms with Gasteiger partial charge in [-0.05, 0) is 18.6 Å². The normalized spacial score (nSPS) is 21.9. The van der Waals surface area contributed by atoms with Crippen LogP contribution in [0.2, 0.25) is 5.15 Å². The molecular formula is C11H9ClF3NO3S. The Kier molecular flexibility index (Phi) is 3.81. The van der Waals surface area contributed by atoms with Crippen LogP contribution in [0.25, 0.3) is 0 Å². The summed E-state index contributed by atoms with van der Waals surface area (Å²) in [6, 6.07) is 1.59. The number of Topliss-reactive ketones (excluding diaryl/α,β-unsaturated/α-hetero) is 1. The topological polar surface area (TPSA) is 64.1 Å². The van der Waals surface area contributed by atoms with Crippen molar-refractivity contribution in [3.05, 3.63) is 28.5 Å². The van der Waals surface area contributed by atoms with Gasteiger partial charge >= 0.3 is 6.18 Å². The Morgan fingerprint density at radius 1 is 1.35 bits per heavy atom. The number of pyridine rings is 1. The monoisotopic (exact) mass is 327 g/mol. The second-order valence-corrected chi connectivity index (χ2v) is 7.08. The number of rotatable bonds is 2. The highest BCUT2D eigenvalue weighted by atomic mass is 35.5. The zero-order valence-electron chi connectivity index (χ0n) is 9.95. The summed E-state index contributed by atoms with van der Waals surface area (Å²) in [6.45, 7) is 0. The quantitative estimate of drug-likeness (QED) is 0.618. The number of alkyl halides is 3. The number of aromatic nitrogens is 1. The molecule has 0 aromatic carbocycles. The Bertz CT molecular complexity index is 657. The van der Waals surface area contributed by atoms with Crippen LogP contribution in [0.1, 0.15) is 22.5 Å². The van der Waals surface area contributed by atoms with Crippen LogP contribution < -0.4 is 0 Å². The molecule has 1 aromatic heterocycles. The maximum absolute atomic E-state index is 12.4. The molecule has 0 saturated carbocycles. The molecule has 1 saturated heterocycles. The predicted octanol–water partition coefficient (Wildman–Crippen LogP) is 2.37. The third-order valence-corrected chi connectivity index (χ3v) is 5.06. The third-order valence-electron chi connectivity index (χ3n) is 3.01. The number of hydrogen-bond acceptors (Lipinski definition) is 4. The summed E-state index contributed by atoms with van der Waals surface area (Å²) < 4.78 is 59.8. The molecule has 110 valence electrons. The van der Waals surface area contributed by atoms with Gasteiger partial charge < -0.3 is 0 Å². The van der Waals surface area contributed by atoms with E-state index in [1.165, 1.54) is 0 Å². The zero-order chi connectivity index (χ0) is 15.1. The molecule has 4 nitrogen and oxygen atoms in total. The third kappa shape index (κ3) is 3.12. The molecular weight excluding hydrogens is 319 g/mol. The van der Waals surface area contributed by atoms with Crippen molar-refractivity contribution in [3.8, 4) is 0 Å². The summed E-state index contributed by atoms with van der Waals surface area (Å²) in [4.78, 5) is 15.2. The van der Waals surface area contributed by atoms with Gasteiger partial charge in [-0.25, -0.2) is 13.4 Å². The average Bonchev–Trinajstić information content (AvgIpc) is 2.67. The molecule has 9 heteroatoms. The molecule has 0 aliphatic carbocycles. The lowest BCUT2D eigenvalue weighted by Crippen LogP contribution is -2.18. The van der Waals surface area contributed by atoms with Crippen LogP contribution in [0.3, 0.4) is 0 Å². The maximum atomic E-state index is 12.4. The summed E-state index contributed by atoms with van der Waals surface area (Å²) in [5.41, 5.74) is -1.38. The van der Waals surface area contributed by atoms with Gasteiger partial charge in [-0.3, -0.25) is 4.79 Å². The first kappa shape index (κ1) is 15.2. The number of hydrogen-bond donors (Lipinski definition) is 0. The number of nitrogens with zero attached hydrogens (tertiary/aromatic N) is 1. The van der Waals surface area contributed by atoms with Crippen LogP contribution in [-0.2, 0) is 16.0 Å². The maximum Gasteiger partial charge on any atom is 0.433 e. The summed E-state index contributed by atoms with van der Waals surface area (Å²) in [6.07, 6.45) is -4.50. The molecule has 1 unspecified atom stereocenters. The molecule has 1 atom stereocenters. The van der Waals surface area contributed by atoms with E-state index in [1.54, 1.807) is 0 Å². The van der Waals surface area contributed by atoms with Crippen molar-refractivity contribution >= 4 is 27.2 Å². The lowest BCUT2D eigenvalue weighted by molar-refractivity contribution is -0.141. The largest absolute Gasteiger partial charge is 0.433 e. The first-order valence-electron chi connectivity index (χ1n) is 5.58. The predicted molar refractivity (Wildman–Crippen MR) is 65.3 cm³/mol. The number of ketones is 1. The van der Waals surface area contributed by atoms with Crippen LogP contribution in [0.15, 0.2) is 12.1 Å². The fraction of sp³-hybridized carbons (Fsp3) is 0.455. The number of halogens is 4. The van der Waals surface area contributed by atoms with Crippen LogP contribution in [0.5, 0.6) is 0 Å². The van der Waals surface area contributed by atoms with E-state index in [1.807, 2.05) is 0 Å². The van der Waals surface area contributed by atoms with Crippen molar-refractivity contribution in [2.24, 2.45) is 5.92 Å². The Hall–Kier alpha value is -1.15. The molecule has 2 heterocycles. The van der Waals surface area contributed by atoms with Gasteiger partial charge in [0.25, 0.3) is 0 Å². The van der Waals surface area contributed by atoms with Crippen LogP contribution in [0.4, 0.5) is 13.2 Å². The Morgan fingerprint density at radius 2 is 2.00 bits per heavy atom. The first-order valence-corrected chi connectivity index (χ1v) is 7.78. The number of sulfone groups is 1. The molecule has 1 aliphatic rings. The highest BCUT2D eigenvalue weighted by Crippen LogP contribution is 2.31. The smallest absolute Gasteiger partial charge is 0.294 e. The summed E-state index contributed by atoms with van der Waals surface area (Å²) in [5.74, 6) is -1.76. The van der Waals surface area contributed by atoms with E-state index in [-0.39, 0.29) is 23.5 Å². The molecule has 1 fully saturated rings. The van der Waals surface area contributed by atoms with Crippen molar-refractivity contribution in [1.29, 1.82) is 0 Å². The minimum atomic E-state index is -4.65. The minimum Gasteiger partial charge on any atom is -0.294 e. The van der Waals surface area contributed by atoms with Gasteiger partial charge in [-0.15, -0.1) is 0 Å². The molecule has 0 N–H and O–H groups in total. The van der Waals surface area contributed by atoms with E-state index in [9.17, 15) is 26.4 Å². The van der Waals surface area contributed by atoms with Crippen molar-refractivity contribution in [1.82, 2.24) is 4.98 Å². The molecule has 0 amide bonds. The van der Waals surface area contributed by atoms with Crippen LogP contribution >= 0.6 is 11.6 Å².